The van der Waals surface area contributed by atoms with Crippen molar-refractivity contribution in [3.63, 3.8) is 0 Å². The molecule has 82 valence electrons. The molecule has 3 N–H and O–H groups in total. The van der Waals surface area contributed by atoms with Crippen LogP contribution in [0.5, 0.6) is 0 Å². The molecule has 0 radical (unpaired) electrons. The first-order valence-electron chi connectivity index (χ1n) is 4.89. The zero-order valence-corrected chi connectivity index (χ0v) is 9.00. The standard InChI is InChI=1S/C10H16N4O/c1-3-13-8-4-9(6-12-5-8)14-7-10(15)11-2/h4-6,13-14H,3,7H2,1-2H3,(H,11,15). The van der Waals surface area contributed by atoms with Gasteiger partial charge in [-0.2, -0.15) is 0 Å². The molecule has 0 aliphatic rings. The minimum atomic E-state index is -0.0520. The number of aromatic nitrogens is 1. The van der Waals surface area contributed by atoms with Gasteiger partial charge in [-0.05, 0) is 13.0 Å². The van der Waals surface area contributed by atoms with Crippen LogP contribution in [0.15, 0.2) is 18.5 Å². The molecular weight excluding hydrogens is 192 g/mol. The van der Waals surface area contributed by atoms with Gasteiger partial charge in [-0.15, -0.1) is 0 Å². The maximum absolute atomic E-state index is 11.0. The van der Waals surface area contributed by atoms with E-state index in [2.05, 4.69) is 20.9 Å². The Balaban J connectivity index is 2.53. The number of nitrogens with one attached hydrogen (secondary N) is 3. The lowest BCUT2D eigenvalue weighted by Gasteiger charge is -2.07. The van der Waals surface area contributed by atoms with Crippen LogP contribution in [0.2, 0.25) is 0 Å². The van der Waals surface area contributed by atoms with E-state index in [0.29, 0.717) is 0 Å². The molecule has 0 saturated carbocycles. The van der Waals surface area contributed by atoms with Gasteiger partial charge < -0.3 is 16.0 Å². The zero-order valence-electron chi connectivity index (χ0n) is 9.00. The van der Waals surface area contributed by atoms with Gasteiger partial charge in [0.2, 0.25) is 5.91 Å². The van der Waals surface area contributed by atoms with E-state index in [1.807, 2.05) is 13.0 Å². The van der Waals surface area contributed by atoms with Crippen LogP contribution < -0.4 is 16.0 Å². The van der Waals surface area contributed by atoms with Crippen LogP contribution >= 0.6 is 0 Å². The van der Waals surface area contributed by atoms with Crippen LogP contribution in [-0.4, -0.2) is 31.0 Å². The highest BCUT2D eigenvalue weighted by molar-refractivity contribution is 5.80. The predicted octanol–water partition coefficient (Wildman–Crippen LogP) is 0.671. The number of likely N-dealkylation sites (N-methyl/N-ethyl adjacent to an activating group) is 1. The topological polar surface area (TPSA) is 66.0 Å². The monoisotopic (exact) mass is 208 g/mol. The van der Waals surface area contributed by atoms with E-state index in [-0.39, 0.29) is 12.5 Å². The van der Waals surface area contributed by atoms with Crippen molar-refractivity contribution in [2.24, 2.45) is 0 Å². The predicted molar refractivity (Wildman–Crippen MR) is 61.0 cm³/mol. The Morgan fingerprint density at radius 1 is 1.33 bits per heavy atom. The summed E-state index contributed by atoms with van der Waals surface area (Å²) in [5.41, 5.74) is 1.77. The Morgan fingerprint density at radius 2 is 2.00 bits per heavy atom. The van der Waals surface area contributed by atoms with Crippen LogP contribution in [0, 0.1) is 0 Å². The van der Waals surface area contributed by atoms with E-state index < -0.39 is 0 Å². The highest BCUT2D eigenvalue weighted by Crippen LogP contribution is 2.11. The summed E-state index contributed by atoms with van der Waals surface area (Å²) in [6.07, 6.45) is 3.43. The van der Waals surface area contributed by atoms with Crippen molar-refractivity contribution in [3.8, 4) is 0 Å². The van der Waals surface area contributed by atoms with Crippen molar-refractivity contribution in [2.45, 2.75) is 6.92 Å². The Bertz CT molecular complexity index is 327. The van der Waals surface area contributed by atoms with Crippen LogP contribution in [-0.2, 0) is 4.79 Å². The number of carbonyl (C=O) groups excluding carboxylic acids is 1. The van der Waals surface area contributed by atoms with E-state index in [4.69, 9.17) is 0 Å². The lowest BCUT2D eigenvalue weighted by molar-refractivity contribution is -0.118. The molecule has 1 rings (SSSR count). The van der Waals surface area contributed by atoms with E-state index in [1.54, 1.807) is 19.4 Å². The van der Waals surface area contributed by atoms with Gasteiger partial charge >= 0.3 is 0 Å². The van der Waals surface area contributed by atoms with Crippen molar-refractivity contribution in [1.82, 2.24) is 10.3 Å². The molecule has 1 heterocycles. The minimum absolute atomic E-state index is 0.0520. The molecule has 5 heteroatoms. The number of pyridine rings is 1. The molecule has 1 aromatic heterocycles. The molecule has 0 fully saturated rings. The number of carbonyl (C=O) groups is 1. The second-order valence-corrected chi connectivity index (χ2v) is 3.02. The van der Waals surface area contributed by atoms with Gasteiger partial charge in [-0.25, -0.2) is 0 Å². The minimum Gasteiger partial charge on any atom is -0.384 e. The van der Waals surface area contributed by atoms with E-state index in [0.717, 1.165) is 17.9 Å². The first-order valence-corrected chi connectivity index (χ1v) is 4.89. The molecule has 0 aliphatic carbocycles. The third-order valence-electron chi connectivity index (χ3n) is 1.85. The van der Waals surface area contributed by atoms with E-state index in [9.17, 15) is 4.79 Å². The molecule has 0 atom stereocenters. The summed E-state index contributed by atoms with van der Waals surface area (Å²) in [4.78, 5) is 15.0. The van der Waals surface area contributed by atoms with Crippen LogP contribution in [0.25, 0.3) is 0 Å². The van der Waals surface area contributed by atoms with Crippen LogP contribution in [0.3, 0.4) is 0 Å². The van der Waals surface area contributed by atoms with Gasteiger partial charge in [-0.3, -0.25) is 9.78 Å². The zero-order chi connectivity index (χ0) is 11.1. The molecule has 0 unspecified atom stereocenters. The second-order valence-electron chi connectivity index (χ2n) is 3.02. The number of anilines is 2. The van der Waals surface area contributed by atoms with Crippen molar-refractivity contribution >= 4 is 17.3 Å². The lowest BCUT2D eigenvalue weighted by Crippen LogP contribution is -2.26. The summed E-state index contributed by atoms with van der Waals surface area (Å²) >= 11 is 0. The largest absolute Gasteiger partial charge is 0.384 e. The first-order chi connectivity index (χ1) is 7.26. The highest BCUT2D eigenvalue weighted by Gasteiger charge is 1.98. The molecule has 0 aliphatic heterocycles. The third-order valence-corrected chi connectivity index (χ3v) is 1.85. The molecule has 0 aromatic carbocycles. The summed E-state index contributed by atoms with van der Waals surface area (Å²) < 4.78 is 0. The van der Waals surface area contributed by atoms with Crippen LogP contribution in [0.4, 0.5) is 11.4 Å². The van der Waals surface area contributed by atoms with Gasteiger partial charge in [0.1, 0.15) is 0 Å². The number of nitrogens with zero attached hydrogens (tertiary/aromatic N) is 1. The van der Waals surface area contributed by atoms with Crippen molar-refractivity contribution in [1.29, 1.82) is 0 Å². The van der Waals surface area contributed by atoms with E-state index >= 15 is 0 Å². The molecule has 15 heavy (non-hydrogen) atoms. The average molecular weight is 208 g/mol. The van der Waals surface area contributed by atoms with Gasteiger partial charge in [0, 0.05) is 13.6 Å². The van der Waals surface area contributed by atoms with Crippen LogP contribution in [0.1, 0.15) is 6.92 Å². The second kappa shape index (κ2) is 5.85. The maximum Gasteiger partial charge on any atom is 0.239 e. The molecule has 0 bridgehead atoms. The molecule has 0 spiro atoms. The first kappa shape index (κ1) is 11.3. The summed E-state index contributed by atoms with van der Waals surface area (Å²) in [5.74, 6) is -0.0520. The summed E-state index contributed by atoms with van der Waals surface area (Å²) in [6, 6.07) is 1.92. The number of hydrogen-bond donors (Lipinski definition) is 3. The van der Waals surface area contributed by atoms with Gasteiger partial charge in [-0.1, -0.05) is 0 Å². The quantitative estimate of drug-likeness (QED) is 0.665. The third kappa shape index (κ3) is 3.84. The fourth-order valence-corrected chi connectivity index (χ4v) is 1.11. The summed E-state index contributed by atoms with van der Waals surface area (Å²) in [6.45, 7) is 3.12. The average Bonchev–Trinajstić information content (AvgIpc) is 2.27. The van der Waals surface area contributed by atoms with Gasteiger partial charge in [0.05, 0.1) is 30.3 Å². The van der Waals surface area contributed by atoms with E-state index in [1.165, 1.54) is 0 Å². The number of amides is 1. The summed E-state index contributed by atoms with van der Waals surface area (Å²) in [7, 11) is 1.61. The Kier molecular flexibility index (Phi) is 4.40. The number of hydrogen-bond acceptors (Lipinski definition) is 4. The number of rotatable bonds is 5. The van der Waals surface area contributed by atoms with Gasteiger partial charge in [0.15, 0.2) is 0 Å². The van der Waals surface area contributed by atoms with Crippen molar-refractivity contribution in [2.75, 3.05) is 30.8 Å². The normalized spacial score (nSPS) is 9.47. The fraction of sp³-hybridized carbons (Fsp3) is 0.400. The molecule has 1 aromatic rings. The Hall–Kier alpha value is -1.78. The molecule has 1 amide bonds. The Labute approximate surface area is 89.3 Å². The molecular formula is C10H16N4O. The lowest BCUT2D eigenvalue weighted by atomic mass is 10.3. The molecule has 5 nitrogen and oxygen atoms in total. The van der Waals surface area contributed by atoms with Crippen molar-refractivity contribution < 1.29 is 4.79 Å². The van der Waals surface area contributed by atoms with Gasteiger partial charge in [0.25, 0.3) is 0 Å². The van der Waals surface area contributed by atoms with Crippen molar-refractivity contribution in [3.05, 3.63) is 18.5 Å². The highest BCUT2D eigenvalue weighted by atomic mass is 16.1. The smallest absolute Gasteiger partial charge is 0.239 e. The SMILES string of the molecule is CCNc1cncc(NCC(=O)NC)c1. The summed E-state index contributed by atoms with van der Waals surface area (Å²) in [5, 5.41) is 8.66. The fourth-order valence-electron chi connectivity index (χ4n) is 1.11. The molecule has 0 saturated heterocycles. The maximum atomic E-state index is 11.0. The Morgan fingerprint density at radius 3 is 2.60 bits per heavy atom.